The third kappa shape index (κ3) is 2.42. The monoisotopic (exact) mass is 201 g/mol. The van der Waals surface area contributed by atoms with Gasteiger partial charge in [0.15, 0.2) is 11.6 Å². The standard InChI is InChI=1S/C10H13F2NO/c1-2-14-10-6-8(11)7(3-4-13)5-9(10)12/h5-6H,2-4,13H2,1H3. The molecule has 4 heteroatoms. The van der Waals surface area contributed by atoms with Crippen LogP contribution in [0.5, 0.6) is 5.75 Å². The normalized spacial score (nSPS) is 10.3. The lowest BCUT2D eigenvalue weighted by atomic mass is 10.1. The molecule has 0 aromatic heterocycles. The Bertz CT molecular complexity index is 283. The molecule has 2 N–H and O–H groups in total. The van der Waals surface area contributed by atoms with Gasteiger partial charge in [0.05, 0.1) is 6.61 Å². The van der Waals surface area contributed by atoms with E-state index in [1.165, 1.54) is 0 Å². The molecule has 0 aliphatic rings. The van der Waals surface area contributed by atoms with Crippen LogP contribution in [-0.4, -0.2) is 13.2 Å². The lowest BCUT2D eigenvalue weighted by Crippen LogP contribution is -2.06. The number of hydrogen-bond acceptors (Lipinski definition) is 2. The Morgan fingerprint density at radius 2 is 2.00 bits per heavy atom. The van der Waals surface area contributed by atoms with Crippen LogP contribution in [-0.2, 0) is 6.42 Å². The quantitative estimate of drug-likeness (QED) is 0.807. The van der Waals surface area contributed by atoms with E-state index in [1.807, 2.05) is 0 Å². The molecule has 0 saturated carbocycles. The highest BCUT2D eigenvalue weighted by Gasteiger charge is 2.09. The number of nitrogens with two attached hydrogens (primary N) is 1. The number of benzene rings is 1. The van der Waals surface area contributed by atoms with E-state index in [9.17, 15) is 8.78 Å². The van der Waals surface area contributed by atoms with Crippen molar-refractivity contribution < 1.29 is 13.5 Å². The zero-order valence-electron chi connectivity index (χ0n) is 8.02. The predicted molar refractivity (Wildman–Crippen MR) is 50.3 cm³/mol. The first-order valence-corrected chi connectivity index (χ1v) is 4.49. The van der Waals surface area contributed by atoms with Crippen LogP contribution < -0.4 is 10.5 Å². The van der Waals surface area contributed by atoms with Gasteiger partial charge in [-0.25, -0.2) is 8.78 Å². The molecule has 0 heterocycles. The molecule has 0 aliphatic carbocycles. The zero-order valence-corrected chi connectivity index (χ0v) is 8.02. The second kappa shape index (κ2) is 4.91. The highest BCUT2D eigenvalue weighted by Crippen LogP contribution is 2.21. The molecule has 0 radical (unpaired) electrons. The summed E-state index contributed by atoms with van der Waals surface area (Å²) in [5, 5.41) is 0. The lowest BCUT2D eigenvalue weighted by molar-refractivity contribution is 0.319. The maximum Gasteiger partial charge on any atom is 0.165 e. The van der Waals surface area contributed by atoms with Crippen LogP contribution in [0.1, 0.15) is 12.5 Å². The van der Waals surface area contributed by atoms with Gasteiger partial charge in [-0.1, -0.05) is 0 Å². The molecule has 0 fully saturated rings. The van der Waals surface area contributed by atoms with Gasteiger partial charge in [0.2, 0.25) is 0 Å². The molecule has 1 aromatic carbocycles. The van der Waals surface area contributed by atoms with Gasteiger partial charge in [-0.3, -0.25) is 0 Å². The number of hydrogen-bond donors (Lipinski definition) is 1. The second-order valence-electron chi connectivity index (χ2n) is 2.85. The first kappa shape index (κ1) is 10.9. The number of ether oxygens (including phenoxy) is 1. The van der Waals surface area contributed by atoms with E-state index in [0.29, 0.717) is 19.6 Å². The highest BCUT2D eigenvalue weighted by atomic mass is 19.1. The summed E-state index contributed by atoms with van der Waals surface area (Å²) in [5.41, 5.74) is 5.54. The maximum atomic E-state index is 13.2. The topological polar surface area (TPSA) is 35.2 Å². The van der Waals surface area contributed by atoms with Gasteiger partial charge >= 0.3 is 0 Å². The van der Waals surface area contributed by atoms with E-state index in [2.05, 4.69) is 0 Å². The Morgan fingerprint density at radius 1 is 1.29 bits per heavy atom. The van der Waals surface area contributed by atoms with Crippen molar-refractivity contribution in [2.75, 3.05) is 13.2 Å². The van der Waals surface area contributed by atoms with Crippen LogP contribution in [0.4, 0.5) is 8.78 Å². The number of halogens is 2. The average Bonchev–Trinajstić information content (AvgIpc) is 2.14. The van der Waals surface area contributed by atoms with Crippen molar-refractivity contribution in [1.82, 2.24) is 0 Å². The van der Waals surface area contributed by atoms with Crippen LogP contribution in [0.3, 0.4) is 0 Å². The molecule has 0 bridgehead atoms. The van der Waals surface area contributed by atoms with Crippen molar-refractivity contribution in [3.63, 3.8) is 0 Å². The van der Waals surface area contributed by atoms with E-state index in [4.69, 9.17) is 10.5 Å². The minimum Gasteiger partial charge on any atom is -0.491 e. The van der Waals surface area contributed by atoms with E-state index in [-0.39, 0.29) is 11.3 Å². The largest absolute Gasteiger partial charge is 0.491 e. The molecule has 1 aromatic rings. The van der Waals surface area contributed by atoms with Crippen molar-refractivity contribution >= 4 is 0 Å². The third-order valence-corrected chi connectivity index (χ3v) is 1.81. The maximum absolute atomic E-state index is 13.2. The summed E-state index contributed by atoms with van der Waals surface area (Å²) >= 11 is 0. The van der Waals surface area contributed by atoms with E-state index in [0.717, 1.165) is 12.1 Å². The SMILES string of the molecule is CCOc1cc(F)c(CCN)cc1F. The lowest BCUT2D eigenvalue weighted by Gasteiger charge is -2.07. The molecule has 14 heavy (non-hydrogen) atoms. The van der Waals surface area contributed by atoms with Crippen molar-refractivity contribution in [1.29, 1.82) is 0 Å². The Hall–Kier alpha value is -1.16. The predicted octanol–water partition coefficient (Wildman–Crippen LogP) is 1.86. The molecule has 0 aliphatic heterocycles. The fourth-order valence-corrected chi connectivity index (χ4v) is 1.18. The van der Waals surface area contributed by atoms with Crippen LogP contribution in [0, 0.1) is 11.6 Å². The third-order valence-electron chi connectivity index (χ3n) is 1.81. The zero-order chi connectivity index (χ0) is 10.6. The average molecular weight is 201 g/mol. The van der Waals surface area contributed by atoms with Crippen LogP contribution in [0.2, 0.25) is 0 Å². The van der Waals surface area contributed by atoms with Crippen molar-refractivity contribution in [3.8, 4) is 5.75 Å². The molecule has 0 atom stereocenters. The van der Waals surface area contributed by atoms with Gasteiger partial charge in [-0.15, -0.1) is 0 Å². The van der Waals surface area contributed by atoms with Gasteiger partial charge in [0.1, 0.15) is 5.82 Å². The summed E-state index contributed by atoms with van der Waals surface area (Å²) in [7, 11) is 0. The van der Waals surface area contributed by atoms with Gasteiger partial charge in [0, 0.05) is 6.07 Å². The summed E-state index contributed by atoms with van der Waals surface area (Å²) in [6.45, 7) is 2.32. The summed E-state index contributed by atoms with van der Waals surface area (Å²) in [5.74, 6) is -1.07. The fraction of sp³-hybridized carbons (Fsp3) is 0.400. The first-order valence-electron chi connectivity index (χ1n) is 4.49. The van der Waals surface area contributed by atoms with Gasteiger partial charge in [-0.05, 0) is 31.5 Å². The molecular weight excluding hydrogens is 188 g/mol. The summed E-state index contributed by atoms with van der Waals surface area (Å²) < 4.78 is 31.4. The Labute approximate surface area is 81.7 Å². The molecule has 0 amide bonds. The first-order chi connectivity index (χ1) is 6.69. The van der Waals surface area contributed by atoms with Crippen molar-refractivity contribution in [3.05, 3.63) is 29.3 Å². The molecule has 78 valence electrons. The highest BCUT2D eigenvalue weighted by molar-refractivity contribution is 5.31. The van der Waals surface area contributed by atoms with E-state index >= 15 is 0 Å². The van der Waals surface area contributed by atoms with Crippen LogP contribution >= 0.6 is 0 Å². The Kier molecular flexibility index (Phi) is 3.83. The van der Waals surface area contributed by atoms with E-state index < -0.39 is 11.6 Å². The molecule has 0 spiro atoms. The fourth-order valence-electron chi connectivity index (χ4n) is 1.18. The van der Waals surface area contributed by atoms with Gasteiger partial charge < -0.3 is 10.5 Å². The minimum atomic E-state index is -0.545. The molecule has 2 nitrogen and oxygen atoms in total. The minimum absolute atomic E-state index is 0.0502. The van der Waals surface area contributed by atoms with Crippen molar-refractivity contribution in [2.24, 2.45) is 5.73 Å². The summed E-state index contributed by atoms with van der Waals surface area (Å²) in [6, 6.07) is 2.19. The van der Waals surface area contributed by atoms with Gasteiger partial charge in [0.25, 0.3) is 0 Å². The van der Waals surface area contributed by atoms with Crippen molar-refractivity contribution in [2.45, 2.75) is 13.3 Å². The molecular formula is C10H13F2NO. The van der Waals surface area contributed by atoms with E-state index in [1.54, 1.807) is 6.92 Å². The molecule has 0 saturated heterocycles. The summed E-state index contributed by atoms with van der Waals surface area (Å²) in [6.07, 6.45) is 0.329. The van der Waals surface area contributed by atoms with Crippen LogP contribution in [0.25, 0.3) is 0 Å². The smallest absolute Gasteiger partial charge is 0.165 e. The van der Waals surface area contributed by atoms with Crippen LogP contribution in [0.15, 0.2) is 12.1 Å². The molecule has 0 unspecified atom stereocenters. The number of rotatable bonds is 4. The Morgan fingerprint density at radius 3 is 2.57 bits per heavy atom. The summed E-state index contributed by atoms with van der Waals surface area (Å²) in [4.78, 5) is 0. The van der Waals surface area contributed by atoms with Gasteiger partial charge in [-0.2, -0.15) is 0 Å². The Balaban J connectivity index is 2.97. The second-order valence-corrected chi connectivity index (χ2v) is 2.85. The molecule has 1 rings (SSSR count).